The molecule has 0 spiro atoms. The van der Waals surface area contributed by atoms with Crippen LogP contribution >= 0.6 is 0 Å². The van der Waals surface area contributed by atoms with Gasteiger partial charge in [-0.1, -0.05) is 6.07 Å². The first-order valence-corrected chi connectivity index (χ1v) is 9.37. The topological polar surface area (TPSA) is 91.9 Å². The monoisotopic (exact) mass is 398 g/mol. The van der Waals surface area contributed by atoms with E-state index in [2.05, 4.69) is 16.2 Å². The summed E-state index contributed by atoms with van der Waals surface area (Å²) < 4.78 is 25.5. The first-order valence-electron chi connectivity index (χ1n) is 9.37. The average Bonchev–Trinajstić information content (AvgIpc) is 3.16. The molecule has 3 aliphatic rings. The quantitative estimate of drug-likeness (QED) is 0.727. The number of hydrogen-bond acceptors (Lipinski definition) is 6. The molecule has 1 saturated heterocycles. The molecule has 3 N–H and O–H groups in total. The van der Waals surface area contributed by atoms with Crippen LogP contribution in [0.1, 0.15) is 15.9 Å². The summed E-state index contributed by atoms with van der Waals surface area (Å²) in [5.74, 6) is -0.170. The summed E-state index contributed by atoms with van der Waals surface area (Å²) in [5.41, 5.74) is 8.46. The van der Waals surface area contributed by atoms with E-state index in [0.29, 0.717) is 31.9 Å². The smallest absolute Gasteiger partial charge is 0.262 e. The molecule has 0 atom stereocenters. The van der Waals surface area contributed by atoms with Gasteiger partial charge >= 0.3 is 0 Å². The van der Waals surface area contributed by atoms with Crippen molar-refractivity contribution in [3.8, 4) is 11.5 Å². The fourth-order valence-corrected chi connectivity index (χ4v) is 3.71. The fourth-order valence-electron chi connectivity index (χ4n) is 3.71. The molecule has 0 bridgehead atoms. The standard InChI is InChI=1S/C20H19FN4O4/c21-14-5-18-16(23-19(26)10-29-18)4-12(14)20(27)25-7-11(8-25)9-28-17-3-1-2-15-13(17)6-22-24-15/h1-5,11,22,24H,6-10H2,(H,23,26). The van der Waals surface area contributed by atoms with Crippen LogP contribution in [0.4, 0.5) is 15.8 Å². The van der Waals surface area contributed by atoms with Gasteiger partial charge in [-0.15, -0.1) is 0 Å². The lowest BCUT2D eigenvalue weighted by Crippen LogP contribution is -2.52. The number of halogens is 1. The van der Waals surface area contributed by atoms with Crippen LogP contribution < -0.4 is 25.6 Å². The van der Waals surface area contributed by atoms with Crippen molar-refractivity contribution in [1.29, 1.82) is 0 Å². The number of likely N-dealkylation sites (tertiary alicyclic amines) is 1. The summed E-state index contributed by atoms with van der Waals surface area (Å²) in [7, 11) is 0. The molecule has 0 aromatic heterocycles. The summed E-state index contributed by atoms with van der Waals surface area (Å²) in [6.07, 6.45) is 0. The number of anilines is 2. The number of nitrogens with zero attached hydrogens (tertiary/aromatic N) is 1. The van der Waals surface area contributed by atoms with Gasteiger partial charge in [0.2, 0.25) is 0 Å². The minimum absolute atomic E-state index is 0.0769. The third kappa shape index (κ3) is 3.23. The molecule has 2 aromatic rings. The summed E-state index contributed by atoms with van der Waals surface area (Å²) in [6.45, 7) is 1.99. The molecule has 0 unspecified atom stereocenters. The van der Waals surface area contributed by atoms with Crippen molar-refractivity contribution in [2.45, 2.75) is 6.54 Å². The lowest BCUT2D eigenvalue weighted by Gasteiger charge is -2.39. The SMILES string of the molecule is O=C1COc2cc(F)c(C(=O)N3CC(COc4cccc5c4CNN5)C3)cc2N1. The van der Waals surface area contributed by atoms with Crippen LogP contribution in [0.3, 0.4) is 0 Å². The maximum absolute atomic E-state index is 14.4. The van der Waals surface area contributed by atoms with Gasteiger partial charge in [-0.25, -0.2) is 9.82 Å². The predicted molar refractivity (Wildman–Crippen MR) is 102 cm³/mol. The van der Waals surface area contributed by atoms with Crippen molar-refractivity contribution in [3.05, 3.63) is 47.3 Å². The van der Waals surface area contributed by atoms with Gasteiger partial charge in [-0.05, 0) is 18.2 Å². The van der Waals surface area contributed by atoms with Crippen molar-refractivity contribution < 1.29 is 23.5 Å². The van der Waals surface area contributed by atoms with Crippen LogP contribution in [0, 0.1) is 11.7 Å². The van der Waals surface area contributed by atoms with E-state index < -0.39 is 11.7 Å². The molecular formula is C20H19FN4O4. The van der Waals surface area contributed by atoms with Crippen molar-refractivity contribution in [3.63, 3.8) is 0 Å². The van der Waals surface area contributed by atoms with Crippen LogP contribution in [0.15, 0.2) is 30.3 Å². The molecule has 150 valence electrons. The highest BCUT2D eigenvalue weighted by atomic mass is 19.1. The Morgan fingerprint density at radius 2 is 2.14 bits per heavy atom. The highest BCUT2D eigenvalue weighted by Gasteiger charge is 2.34. The molecule has 1 fully saturated rings. The van der Waals surface area contributed by atoms with Crippen LogP contribution in [-0.4, -0.2) is 43.0 Å². The fraction of sp³-hybridized carbons (Fsp3) is 0.300. The minimum Gasteiger partial charge on any atom is -0.493 e. The molecular weight excluding hydrogens is 379 g/mol. The van der Waals surface area contributed by atoms with E-state index in [-0.39, 0.29) is 29.7 Å². The summed E-state index contributed by atoms with van der Waals surface area (Å²) in [4.78, 5) is 25.7. The van der Waals surface area contributed by atoms with E-state index in [9.17, 15) is 14.0 Å². The molecule has 9 heteroatoms. The zero-order valence-corrected chi connectivity index (χ0v) is 15.5. The molecule has 0 saturated carbocycles. The zero-order chi connectivity index (χ0) is 20.0. The van der Waals surface area contributed by atoms with Gasteiger partial charge in [0.25, 0.3) is 11.8 Å². The maximum Gasteiger partial charge on any atom is 0.262 e. The number of hydrogen-bond donors (Lipinski definition) is 3. The number of hydrazine groups is 1. The largest absolute Gasteiger partial charge is 0.493 e. The van der Waals surface area contributed by atoms with Gasteiger partial charge in [0.1, 0.15) is 17.3 Å². The number of carbonyl (C=O) groups excluding carboxylic acids is 2. The highest BCUT2D eigenvalue weighted by Crippen LogP contribution is 2.33. The van der Waals surface area contributed by atoms with E-state index in [0.717, 1.165) is 23.1 Å². The summed E-state index contributed by atoms with van der Waals surface area (Å²) in [6, 6.07) is 8.30. The Morgan fingerprint density at radius 3 is 3.00 bits per heavy atom. The first kappa shape index (κ1) is 17.7. The summed E-state index contributed by atoms with van der Waals surface area (Å²) >= 11 is 0. The lowest BCUT2D eigenvalue weighted by molar-refractivity contribution is -0.118. The zero-order valence-electron chi connectivity index (χ0n) is 15.5. The van der Waals surface area contributed by atoms with Gasteiger partial charge in [0.05, 0.1) is 23.5 Å². The molecule has 8 nitrogen and oxygen atoms in total. The maximum atomic E-state index is 14.4. The molecule has 2 amide bonds. The number of nitrogens with one attached hydrogen (secondary N) is 3. The van der Waals surface area contributed by atoms with Gasteiger partial charge < -0.3 is 25.1 Å². The van der Waals surface area contributed by atoms with Crippen molar-refractivity contribution in [1.82, 2.24) is 10.3 Å². The van der Waals surface area contributed by atoms with Crippen molar-refractivity contribution in [2.24, 2.45) is 5.92 Å². The number of benzene rings is 2. The minimum atomic E-state index is -0.663. The molecule has 3 aliphatic heterocycles. The number of rotatable bonds is 4. The highest BCUT2D eigenvalue weighted by molar-refractivity contribution is 6.00. The van der Waals surface area contributed by atoms with Crippen LogP contribution in [0.5, 0.6) is 11.5 Å². The average molecular weight is 398 g/mol. The van der Waals surface area contributed by atoms with Crippen molar-refractivity contribution in [2.75, 3.05) is 37.0 Å². The predicted octanol–water partition coefficient (Wildman–Crippen LogP) is 1.74. The second-order valence-electron chi connectivity index (χ2n) is 7.31. The Balaban J connectivity index is 1.20. The Bertz CT molecular complexity index is 1010. The second-order valence-corrected chi connectivity index (χ2v) is 7.31. The Labute approximate surface area is 165 Å². The molecule has 2 aromatic carbocycles. The van der Waals surface area contributed by atoms with Crippen LogP contribution in [-0.2, 0) is 11.3 Å². The van der Waals surface area contributed by atoms with E-state index in [4.69, 9.17) is 9.47 Å². The lowest BCUT2D eigenvalue weighted by atomic mass is 9.99. The number of ether oxygens (including phenoxy) is 2. The van der Waals surface area contributed by atoms with E-state index in [1.54, 1.807) is 4.90 Å². The van der Waals surface area contributed by atoms with Crippen LogP contribution in [0.25, 0.3) is 0 Å². The van der Waals surface area contributed by atoms with E-state index in [1.807, 2.05) is 18.2 Å². The third-order valence-corrected chi connectivity index (χ3v) is 5.27. The number of carbonyl (C=O) groups is 2. The second kappa shape index (κ2) is 6.93. The van der Waals surface area contributed by atoms with Gasteiger partial charge in [-0.3, -0.25) is 9.59 Å². The normalized spacial score (nSPS) is 17.4. The third-order valence-electron chi connectivity index (χ3n) is 5.27. The Kier molecular flexibility index (Phi) is 4.24. The van der Waals surface area contributed by atoms with Crippen molar-refractivity contribution >= 4 is 23.2 Å². The van der Waals surface area contributed by atoms with E-state index in [1.165, 1.54) is 6.07 Å². The Hall–Kier alpha value is -3.33. The Morgan fingerprint density at radius 1 is 1.28 bits per heavy atom. The molecule has 29 heavy (non-hydrogen) atoms. The van der Waals surface area contributed by atoms with E-state index >= 15 is 0 Å². The molecule has 5 rings (SSSR count). The first-order chi connectivity index (χ1) is 14.1. The molecule has 0 radical (unpaired) electrons. The number of fused-ring (bicyclic) bond motifs is 2. The summed E-state index contributed by atoms with van der Waals surface area (Å²) in [5, 5.41) is 2.59. The van der Waals surface area contributed by atoms with Gasteiger partial charge in [-0.2, -0.15) is 0 Å². The van der Waals surface area contributed by atoms with Gasteiger partial charge in [0.15, 0.2) is 6.61 Å². The molecule has 0 aliphatic carbocycles. The molecule has 3 heterocycles. The van der Waals surface area contributed by atoms with Crippen LogP contribution in [0.2, 0.25) is 0 Å². The number of amides is 2. The van der Waals surface area contributed by atoms with Gasteiger partial charge in [0, 0.05) is 37.2 Å².